The van der Waals surface area contributed by atoms with Crippen LogP contribution in [0.1, 0.15) is 131 Å². The number of hydrogen-bond donors (Lipinski definition) is 0. The molecule has 0 aliphatic heterocycles. The van der Waals surface area contributed by atoms with Crippen molar-refractivity contribution in [2.24, 2.45) is 16.7 Å². The molecule has 6 heteroatoms. The zero-order valence-electron chi connectivity index (χ0n) is 29.7. The molecule has 0 radical (unpaired) electrons. The molecular weight excluding hydrogens is 574 g/mol. The number of carbonyl (C=O) groups is 1. The Hall–Kier alpha value is -3.15. The van der Waals surface area contributed by atoms with Crippen LogP contribution in [0.4, 0.5) is 0 Å². The van der Waals surface area contributed by atoms with Gasteiger partial charge in [-0.2, -0.15) is 4.98 Å². The number of ether oxygens (including phenoxy) is 2. The highest BCUT2D eigenvalue weighted by molar-refractivity contribution is 5.79. The van der Waals surface area contributed by atoms with E-state index in [-0.39, 0.29) is 22.9 Å². The molecule has 0 fully saturated rings. The number of fused-ring (bicyclic) bond motifs is 1. The standard InChI is InChI=1S/C40H59NO5/c1-8-9-16-19-31-20-22-32(23-21-31)34-28-33-24-25-35(41-36(33)46-37(34)42)44-26-17-14-12-10-11-13-15-18-27-45-38(43)40(6,7)30(2)29-39(3,4)5/h20-25,28,30H,8-19,26-27,29H2,1-7H3. The van der Waals surface area contributed by atoms with E-state index >= 15 is 0 Å². The largest absolute Gasteiger partial charge is 0.478 e. The van der Waals surface area contributed by atoms with Gasteiger partial charge in [0.2, 0.25) is 11.6 Å². The van der Waals surface area contributed by atoms with Crippen LogP contribution in [0.2, 0.25) is 0 Å². The second kappa shape index (κ2) is 18.3. The van der Waals surface area contributed by atoms with Crippen molar-refractivity contribution in [1.82, 2.24) is 4.98 Å². The summed E-state index contributed by atoms with van der Waals surface area (Å²) in [6.07, 6.45) is 14.5. The Labute approximate surface area is 277 Å². The summed E-state index contributed by atoms with van der Waals surface area (Å²) in [5.74, 6) is 0.685. The highest BCUT2D eigenvalue weighted by atomic mass is 16.5. The fourth-order valence-corrected chi connectivity index (χ4v) is 5.86. The molecule has 6 nitrogen and oxygen atoms in total. The number of nitrogens with zero attached hydrogens (tertiary/aromatic N) is 1. The summed E-state index contributed by atoms with van der Waals surface area (Å²) >= 11 is 0. The summed E-state index contributed by atoms with van der Waals surface area (Å²) in [5, 5.41) is 0.779. The molecular formula is C40H59NO5. The summed E-state index contributed by atoms with van der Waals surface area (Å²) < 4.78 is 17.1. The summed E-state index contributed by atoms with van der Waals surface area (Å²) in [5.41, 5.74) is 2.36. The number of benzene rings is 1. The van der Waals surface area contributed by atoms with Crippen LogP contribution < -0.4 is 10.4 Å². The first-order valence-corrected chi connectivity index (χ1v) is 17.7. The van der Waals surface area contributed by atoms with Crippen LogP contribution in [0.25, 0.3) is 22.2 Å². The van der Waals surface area contributed by atoms with Crippen LogP contribution in [0.3, 0.4) is 0 Å². The van der Waals surface area contributed by atoms with Crippen molar-refractivity contribution in [1.29, 1.82) is 0 Å². The van der Waals surface area contributed by atoms with Gasteiger partial charge in [-0.1, -0.05) is 110 Å². The van der Waals surface area contributed by atoms with Gasteiger partial charge in [0.1, 0.15) is 0 Å². The molecule has 0 saturated heterocycles. The number of rotatable bonds is 20. The summed E-state index contributed by atoms with van der Waals surface area (Å²) in [6, 6.07) is 13.8. The number of unbranched alkanes of at least 4 members (excludes halogenated alkanes) is 9. The second-order valence-electron chi connectivity index (χ2n) is 14.8. The third-order valence-corrected chi connectivity index (χ3v) is 9.11. The molecule has 3 aromatic rings. The van der Waals surface area contributed by atoms with Crippen LogP contribution in [0, 0.1) is 16.7 Å². The maximum Gasteiger partial charge on any atom is 0.345 e. The first kappa shape index (κ1) is 37.3. The number of aryl methyl sites for hydroxylation is 1. The lowest BCUT2D eigenvalue weighted by atomic mass is 9.72. The van der Waals surface area contributed by atoms with E-state index in [1.165, 1.54) is 44.1 Å². The minimum Gasteiger partial charge on any atom is -0.478 e. The van der Waals surface area contributed by atoms with Crippen LogP contribution in [-0.4, -0.2) is 24.2 Å². The van der Waals surface area contributed by atoms with E-state index in [1.807, 2.05) is 44.2 Å². The van der Waals surface area contributed by atoms with E-state index in [9.17, 15) is 9.59 Å². The Morgan fingerprint density at radius 3 is 2.09 bits per heavy atom. The molecule has 1 unspecified atom stereocenters. The molecule has 46 heavy (non-hydrogen) atoms. The number of esters is 1. The van der Waals surface area contributed by atoms with Gasteiger partial charge in [-0.05, 0) is 80.5 Å². The monoisotopic (exact) mass is 633 g/mol. The first-order chi connectivity index (χ1) is 21.9. The molecule has 1 aromatic carbocycles. The second-order valence-corrected chi connectivity index (χ2v) is 14.8. The molecule has 2 heterocycles. The summed E-state index contributed by atoms with van der Waals surface area (Å²) in [4.78, 5) is 29.9. The predicted octanol–water partition coefficient (Wildman–Crippen LogP) is 10.7. The third kappa shape index (κ3) is 12.2. The average Bonchev–Trinajstić information content (AvgIpc) is 3.00. The van der Waals surface area contributed by atoms with Crippen molar-refractivity contribution in [3.05, 3.63) is 58.4 Å². The van der Waals surface area contributed by atoms with E-state index in [2.05, 4.69) is 51.7 Å². The van der Waals surface area contributed by atoms with Gasteiger partial charge in [-0.25, -0.2) is 4.79 Å². The zero-order valence-corrected chi connectivity index (χ0v) is 29.7. The van der Waals surface area contributed by atoms with Gasteiger partial charge >= 0.3 is 11.6 Å². The lowest BCUT2D eigenvalue weighted by Crippen LogP contribution is -2.35. The fourth-order valence-electron chi connectivity index (χ4n) is 5.86. The molecule has 0 spiro atoms. The molecule has 254 valence electrons. The van der Waals surface area contributed by atoms with Crippen LogP contribution in [0.15, 0.2) is 51.7 Å². The van der Waals surface area contributed by atoms with Crippen molar-refractivity contribution < 1.29 is 18.7 Å². The Morgan fingerprint density at radius 2 is 1.46 bits per heavy atom. The van der Waals surface area contributed by atoms with Gasteiger partial charge in [-0.3, -0.25) is 4.79 Å². The maximum atomic E-state index is 12.8. The molecule has 1 atom stereocenters. The van der Waals surface area contributed by atoms with Gasteiger partial charge in [-0.15, -0.1) is 0 Å². The molecule has 0 saturated carbocycles. The Balaban J connectivity index is 1.29. The van der Waals surface area contributed by atoms with Crippen molar-refractivity contribution in [3.63, 3.8) is 0 Å². The SMILES string of the molecule is CCCCCc1ccc(-c2cc3ccc(OCCCCCCCCCCOC(=O)C(C)(C)C(C)CC(C)(C)C)nc3oc2=O)cc1. The zero-order chi connectivity index (χ0) is 33.6. The van der Waals surface area contributed by atoms with Crippen LogP contribution in [0.5, 0.6) is 5.88 Å². The quantitative estimate of drug-likeness (QED) is 0.0910. The minimum absolute atomic E-state index is 0.0709. The van der Waals surface area contributed by atoms with Crippen molar-refractivity contribution >= 4 is 17.1 Å². The van der Waals surface area contributed by atoms with E-state index in [1.54, 1.807) is 0 Å². The minimum atomic E-state index is -0.456. The molecule has 0 N–H and O–H groups in total. The van der Waals surface area contributed by atoms with Crippen LogP contribution >= 0.6 is 0 Å². The average molecular weight is 634 g/mol. The molecule has 0 amide bonds. The topological polar surface area (TPSA) is 78.6 Å². The van der Waals surface area contributed by atoms with E-state index < -0.39 is 5.41 Å². The lowest BCUT2D eigenvalue weighted by Gasteiger charge is -2.34. The van der Waals surface area contributed by atoms with E-state index in [0.717, 1.165) is 55.9 Å². The molecule has 0 aliphatic rings. The normalized spacial score (nSPS) is 12.8. The van der Waals surface area contributed by atoms with Gasteiger partial charge < -0.3 is 13.9 Å². The lowest BCUT2D eigenvalue weighted by molar-refractivity contribution is -0.157. The molecule has 3 rings (SSSR count). The van der Waals surface area contributed by atoms with Gasteiger partial charge in [0.25, 0.3) is 0 Å². The summed E-state index contributed by atoms with van der Waals surface area (Å²) in [6.45, 7) is 16.1. The fraction of sp³-hybridized carbons (Fsp3) is 0.625. The highest BCUT2D eigenvalue weighted by Gasteiger charge is 2.37. The number of hydrogen-bond acceptors (Lipinski definition) is 6. The van der Waals surface area contributed by atoms with E-state index in [0.29, 0.717) is 30.4 Å². The van der Waals surface area contributed by atoms with Crippen molar-refractivity contribution in [2.45, 2.75) is 132 Å². The Kier molecular flexibility index (Phi) is 14.8. The number of pyridine rings is 1. The maximum absolute atomic E-state index is 12.8. The molecule has 0 aliphatic carbocycles. The first-order valence-electron chi connectivity index (χ1n) is 17.7. The van der Waals surface area contributed by atoms with Crippen LogP contribution in [-0.2, 0) is 16.0 Å². The number of carbonyl (C=O) groups excluding carboxylic acids is 1. The van der Waals surface area contributed by atoms with E-state index in [4.69, 9.17) is 13.9 Å². The highest BCUT2D eigenvalue weighted by Crippen LogP contribution is 2.37. The Bertz CT molecular complexity index is 1400. The molecule has 2 aromatic heterocycles. The Morgan fingerprint density at radius 1 is 0.826 bits per heavy atom. The van der Waals surface area contributed by atoms with Crippen molar-refractivity contribution in [3.8, 4) is 17.0 Å². The predicted molar refractivity (Wildman–Crippen MR) is 189 cm³/mol. The van der Waals surface area contributed by atoms with Crippen molar-refractivity contribution in [2.75, 3.05) is 13.2 Å². The van der Waals surface area contributed by atoms with Gasteiger partial charge in [0.15, 0.2) is 0 Å². The van der Waals surface area contributed by atoms with Gasteiger partial charge in [0, 0.05) is 11.5 Å². The van der Waals surface area contributed by atoms with Gasteiger partial charge in [0.05, 0.1) is 24.2 Å². The third-order valence-electron chi connectivity index (χ3n) is 9.11. The molecule has 0 bridgehead atoms. The summed E-state index contributed by atoms with van der Waals surface area (Å²) in [7, 11) is 0. The number of aromatic nitrogens is 1. The smallest absolute Gasteiger partial charge is 0.345 e.